The van der Waals surface area contributed by atoms with Gasteiger partial charge in [-0.2, -0.15) is 0 Å². The van der Waals surface area contributed by atoms with Crippen LogP contribution in [0.1, 0.15) is 255 Å². The minimum Gasteiger partial charge on any atom is -0.508 e. The highest BCUT2D eigenvalue weighted by Gasteiger charge is 2.18. The number of para-hydroxylation sites is 1. The van der Waals surface area contributed by atoms with E-state index in [-0.39, 0.29) is 0 Å². The molecule has 0 aromatic heterocycles. The molecule has 0 aliphatic carbocycles. The van der Waals surface area contributed by atoms with Crippen LogP contribution >= 0.6 is 0 Å². The molecule has 2 heteroatoms. The van der Waals surface area contributed by atoms with Crippen LogP contribution in [0.4, 0.5) is 0 Å². The number of hydrogen-bond acceptors (Lipinski definition) is 2. The molecule has 0 saturated heterocycles. The van der Waals surface area contributed by atoms with Gasteiger partial charge in [0.2, 0.25) is 0 Å². The number of phenolic OH excluding ortho intramolecular Hbond substituents is 2. The van der Waals surface area contributed by atoms with E-state index >= 15 is 0 Å². The van der Waals surface area contributed by atoms with E-state index < -0.39 is 0 Å². The van der Waals surface area contributed by atoms with Gasteiger partial charge in [-0.3, -0.25) is 0 Å². The average molecular weight is 749 g/mol. The summed E-state index contributed by atoms with van der Waals surface area (Å²) < 4.78 is 0. The van der Waals surface area contributed by atoms with E-state index in [9.17, 15) is 5.11 Å². The van der Waals surface area contributed by atoms with Gasteiger partial charge in [-0.05, 0) is 91.8 Å². The van der Waals surface area contributed by atoms with Crippen molar-refractivity contribution >= 4 is 0 Å². The first kappa shape index (κ1) is 50.1. The Morgan fingerprint density at radius 1 is 0.315 bits per heavy atom. The summed E-state index contributed by atoms with van der Waals surface area (Å²) in [6.07, 6.45) is 48.5. The molecule has 2 nitrogen and oxygen atoms in total. The van der Waals surface area contributed by atoms with Gasteiger partial charge in [0.1, 0.15) is 11.5 Å². The SMILES string of the molecule is CCCCCCCCCCc1cc(O)c(CCCCCCCCCC)c(CCCCCCCCCC)c1CCCCCCCCCC.Oc1ccccc1. The number of rotatable bonds is 36. The van der Waals surface area contributed by atoms with Gasteiger partial charge in [-0.15, -0.1) is 0 Å². The van der Waals surface area contributed by atoms with Crippen molar-refractivity contribution in [1.82, 2.24) is 0 Å². The first-order chi connectivity index (χ1) is 26.6. The van der Waals surface area contributed by atoms with Crippen molar-refractivity contribution in [2.45, 2.75) is 259 Å². The Labute approximate surface area is 338 Å². The standard InChI is InChI=1S/C46H86O.C6H6O/c1-5-9-13-17-21-25-29-33-37-42-41-46(47)45(40-36-32-28-24-20-16-12-8-4)44(39-35-31-27-23-19-15-11-7-3)43(42)38-34-30-26-22-18-14-10-6-2;7-6-4-2-1-3-5-6/h41,47H,5-40H2,1-4H3;1-5,7H. The summed E-state index contributed by atoms with van der Waals surface area (Å²) in [6, 6.07) is 11.0. The highest BCUT2D eigenvalue weighted by Crippen LogP contribution is 2.34. The predicted octanol–water partition coefficient (Wildman–Crippen LogP) is 17.5. The lowest BCUT2D eigenvalue weighted by atomic mass is 9.85. The molecule has 2 aromatic carbocycles. The van der Waals surface area contributed by atoms with Gasteiger partial charge in [-0.1, -0.05) is 226 Å². The van der Waals surface area contributed by atoms with Crippen LogP contribution < -0.4 is 0 Å². The molecule has 0 heterocycles. The second kappa shape index (κ2) is 37.9. The smallest absolute Gasteiger partial charge is 0.119 e. The highest BCUT2D eigenvalue weighted by molar-refractivity contribution is 5.50. The predicted molar refractivity (Wildman–Crippen MR) is 241 cm³/mol. The van der Waals surface area contributed by atoms with Crippen molar-refractivity contribution in [3.05, 3.63) is 58.7 Å². The maximum atomic E-state index is 11.6. The maximum absolute atomic E-state index is 11.6. The Morgan fingerprint density at radius 3 is 0.944 bits per heavy atom. The molecule has 0 unspecified atom stereocenters. The molecule has 312 valence electrons. The highest BCUT2D eigenvalue weighted by atomic mass is 16.3. The summed E-state index contributed by atoms with van der Waals surface area (Å²) in [5, 5.41) is 20.2. The van der Waals surface area contributed by atoms with Crippen molar-refractivity contribution in [1.29, 1.82) is 0 Å². The van der Waals surface area contributed by atoms with Crippen LogP contribution in [0.5, 0.6) is 11.5 Å². The third kappa shape index (κ3) is 27.6. The van der Waals surface area contributed by atoms with Gasteiger partial charge >= 0.3 is 0 Å². The molecule has 2 N–H and O–H groups in total. The number of unbranched alkanes of at least 4 members (excludes halogenated alkanes) is 28. The van der Waals surface area contributed by atoms with Crippen LogP contribution in [-0.4, -0.2) is 10.2 Å². The van der Waals surface area contributed by atoms with Crippen molar-refractivity contribution in [2.24, 2.45) is 0 Å². The minimum atomic E-state index is 0.322. The average Bonchev–Trinajstić information content (AvgIpc) is 3.18. The quantitative estimate of drug-likeness (QED) is 0.0681. The molecule has 54 heavy (non-hydrogen) atoms. The monoisotopic (exact) mass is 749 g/mol. The van der Waals surface area contributed by atoms with Gasteiger partial charge in [0.15, 0.2) is 0 Å². The third-order valence-corrected chi connectivity index (χ3v) is 11.6. The normalized spacial score (nSPS) is 11.2. The Kier molecular flexibility index (Phi) is 35.2. The number of benzene rings is 2. The molecule has 0 saturated carbocycles. The fraction of sp³-hybridized carbons (Fsp3) is 0.769. The molecule has 0 aliphatic rings. The molecule has 0 amide bonds. The van der Waals surface area contributed by atoms with Crippen LogP contribution in [0, 0.1) is 0 Å². The largest absolute Gasteiger partial charge is 0.508 e. The van der Waals surface area contributed by atoms with E-state index in [4.69, 9.17) is 5.11 Å². The van der Waals surface area contributed by atoms with E-state index in [2.05, 4.69) is 33.8 Å². The Balaban J connectivity index is 0.00000185. The van der Waals surface area contributed by atoms with Gasteiger partial charge in [0, 0.05) is 0 Å². The number of aryl methyl sites for hydroxylation is 1. The second-order valence-corrected chi connectivity index (χ2v) is 16.7. The van der Waals surface area contributed by atoms with Crippen LogP contribution in [0.3, 0.4) is 0 Å². The molecule has 2 rings (SSSR count). The maximum Gasteiger partial charge on any atom is 0.119 e. The molecular weight excluding hydrogens is 657 g/mol. The topological polar surface area (TPSA) is 40.5 Å². The summed E-state index contributed by atoms with van der Waals surface area (Å²) in [6.45, 7) is 9.25. The number of aromatic hydroxyl groups is 2. The van der Waals surface area contributed by atoms with Crippen molar-refractivity contribution < 1.29 is 10.2 Å². The lowest BCUT2D eigenvalue weighted by molar-refractivity contribution is 0.462. The molecule has 0 spiro atoms. The van der Waals surface area contributed by atoms with Crippen LogP contribution in [0.15, 0.2) is 36.4 Å². The fourth-order valence-electron chi connectivity index (χ4n) is 8.17. The Hall–Kier alpha value is -1.96. The van der Waals surface area contributed by atoms with Crippen molar-refractivity contribution in [2.75, 3.05) is 0 Å². The molecule has 0 atom stereocenters. The number of phenols is 2. The third-order valence-electron chi connectivity index (χ3n) is 11.6. The molecule has 0 aliphatic heterocycles. The van der Waals surface area contributed by atoms with Crippen LogP contribution in [0.25, 0.3) is 0 Å². The lowest BCUT2D eigenvalue weighted by Crippen LogP contribution is -2.07. The van der Waals surface area contributed by atoms with E-state index in [1.165, 1.54) is 229 Å². The first-order valence-corrected chi connectivity index (χ1v) is 24.2. The number of hydrogen-bond donors (Lipinski definition) is 2. The summed E-state index contributed by atoms with van der Waals surface area (Å²) in [5.41, 5.74) is 6.12. The van der Waals surface area contributed by atoms with Gasteiger partial charge in [0.25, 0.3) is 0 Å². The summed E-state index contributed by atoms with van der Waals surface area (Å²) in [5.74, 6) is 0.958. The minimum absolute atomic E-state index is 0.322. The molecule has 0 radical (unpaired) electrons. The Morgan fingerprint density at radius 2 is 0.611 bits per heavy atom. The van der Waals surface area contributed by atoms with Gasteiger partial charge in [-0.25, -0.2) is 0 Å². The van der Waals surface area contributed by atoms with Crippen LogP contribution in [-0.2, 0) is 25.7 Å². The lowest BCUT2D eigenvalue weighted by Gasteiger charge is -2.21. The molecule has 2 aromatic rings. The Bertz CT molecular complexity index is 1060. The molecular formula is C52H92O2. The van der Waals surface area contributed by atoms with Gasteiger partial charge in [0.05, 0.1) is 0 Å². The van der Waals surface area contributed by atoms with E-state index in [0.29, 0.717) is 11.5 Å². The van der Waals surface area contributed by atoms with Gasteiger partial charge < -0.3 is 10.2 Å². The first-order valence-electron chi connectivity index (χ1n) is 24.2. The zero-order chi connectivity index (χ0) is 39.2. The molecule has 0 fully saturated rings. The van der Waals surface area contributed by atoms with Crippen molar-refractivity contribution in [3.8, 4) is 11.5 Å². The fourth-order valence-corrected chi connectivity index (χ4v) is 8.17. The van der Waals surface area contributed by atoms with Crippen molar-refractivity contribution in [3.63, 3.8) is 0 Å². The van der Waals surface area contributed by atoms with E-state index in [1.807, 2.05) is 6.07 Å². The van der Waals surface area contributed by atoms with Crippen LogP contribution in [0.2, 0.25) is 0 Å². The van der Waals surface area contributed by atoms with E-state index in [0.717, 1.165) is 12.8 Å². The molecule has 0 bridgehead atoms. The zero-order valence-corrected chi connectivity index (χ0v) is 36.8. The summed E-state index contributed by atoms with van der Waals surface area (Å²) in [4.78, 5) is 0. The summed E-state index contributed by atoms with van der Waals surface area (Å²) in [7, 11) is 0. The second-order valence-electron chi connectivity index (χ2n) is 16.7. The zero-order valence-electron chi connectivity index (χ0n) is 36.8. The van der Waals surface area contributed by atoms with E-state index in [1.54, 1.807) is 35.4 Å². The summed E-state index contributed by atoms with van der Waals surface area (Å²) >= 11 is 0.